The number of aromatic carboxylic acids is 1. The summed E-state index contributed by atoms with van der Waals surface area (Å²) >= 11 is 0. The number of rotatable bonds is 4. The highest BCUT2D eigenvalue weighted by atomic mass is 19.1. The molecule has 0 saturated heterocycles. The molecule has 5 nitrogen and oxygen atoms in total. The fourth-order valence-electron chi connectivity index (χ4n) is 1.13. The summed E-state index contributed by atoms with van der Waals surface area (Å²) in [5.74, 6) is -2.45. The Labute approximate surface area is 104 Å². The van der Waals surface area contributed by atoms with E-state index in [9.17, 15) is 14.0 Å². The van der Waals surface area contributed by atoms with Crippen molar-refractivity contribution in [3.05, 3.63) is 29.6 Å². The third-order valence-corrected chi connectivity index (χ3v) is 2.59. The van der Waals surface area contributed by atoms with Crippen LogP contribution >= 0.6 is 0 Å². The number of carboxylic acids is 1. The van der Waals surface area contributed by atoms with E-state index in [0.717, 1.165) is 6.07 Å². The SMILES string of the molecule is CC(C)(CN)C(=O)Nc1ccc(C(=O)O)cc1F. The Morgan fingerprint density at radius 1 is 1.44 bits per heavy atom. The number of benzene rings is 1. The van der Waals surface area contributed by atoms with Crippen molar-refractivity contribution in [1.29, 1.82) is 0 Å². The van der Waals surface area contributed by atoms with Crippen molar-refractivity contribution in [1.82, 2.24) is 0 Å². The Morgan fingerprint density at radius 2 is 2.06 bits per heavy atom. The highest BCUT2D eigenvalue weighted by Crippen LogP contribution is 2.20. The Hall–Kier alpha value is -1.95. The number of hydrogen-bond donors (Lipinski definition) is 3. The molecule has 1 aromatic carbocycles. The minimum Gasteiger partial charge on any atom is -0.478 e. The summed E-state index contributed by atoms with van der Waals surface area (Å²) in [5.41, 5.74) is 4.37. The fourth-order valence-corrected chi connectivity index (χ4v) is 1.13. The summed E-state index contributed by atoms with van der Waals surface area (Å²) < 4.78 is 13.6. The van der Waals surface area contributed by atoms with Crippen LogP contribution in [0.2, 0.25) is 0 Å². The first kappa shape index (κ1) is 14.1. The zero-order chi connectivity index (χ0) is 13.9. The number of amides is 1. The molecule has 0 radical (unpaired) electrons. The average Bonchev–Trinajstić information content (AvgIpc) is 2.31. The van der Waals surface area contributed by atoms with Crippen molar-refractivity contribution >= 4 is 17.6 Å². The lowest BCUT2D eigenvalue weighted by Gasteiger charge is -2.21. The topological polar surface area (TPSA) is 92.4 Å². The molecule has 1 amide bonds. The summed E-state index contributed by atoms with van der Waals surface area (Å²) in [6.45, 7) is 3.38. The van der Waals surface area contributed by atoms with Gasteiger partial charge in [0, 0.05) is 6.54 Å². The molecule has 0 spiro atoms. The van der Waals surface area contributed by atoms with E-state index in [1.807, 2.05) is 0 Å². The molecule has 18 heavy (non-hydrogen) atoms. The number of carbonyl (C=O) groups is 2. The molecule has 4 N–H and O–H groups in total. The molecule has 0 unspecified atom stereocenters. The number of carbonyl (C=O) groups excluding carboxylic acids is 1. The molecule has 1 rings (SSSR count). The number of nitrogens with one attached hydrogen (secondary N) is 1. The van der Waals surface area contributed by atoms with Crippen LogP contribution in [0.4, 0.5) is 10.1 Å². The number of carboxylic acid groups (broad SMARTS) is 1. The first-order valence-electron chi connectivity index (χ1n) is 5.32. The van der Waals surface area contributed by atoms with Crippen LogP contribution in [-0.4, -0.2) is 23.5 Å². The summed E-state index contributed by atoms with van der Waals surface area (Å²) in [7, 11) is 0. The van der Waals surface area contributed by atoms with E-state index in [-0.39, 0.29) is 17.8 Å². The van der Waals surface area contributed by atoms with Crippen LogP contribution in [0, 0.1) is 11.2 Å². The lowest BCUT2D eigenvalue weighted by atomic mass is 9.92. The number of nitrogens with two attached hydrogens (primary N) is 1. The molecule has 0 bridgehead atoms. The van der Waals surface area contributed by atoms with E-state index in [1.165, 1.54) is 12.1 Å². The second-order valence-electron chi connectivity index (χ2n) is 4.54. The summed E-state index contributed by atoms with van der Waals surface area (Å²) in [4.78, 5) is 22.4. The van der Waals surface area contributed by atoms with Gasteiger partial charge in [-0.05, 0) is 32.0 Å². The maximum Gasteiger partial charge on any atom is 0.335 e. The molecule has 0 aliphatic carbocycles. The number of halogens is 1. The van der Waals surface area contributed by atoms with E-state index >= 15 is 0 Å². The Morgan fingerprint density at radius 3 is 2.50 bits per heavy atom. The van der Waals surface area contributed by atoms with Crippen LogP contribution in [0.15, 0.2) is 18.2 Å². The van der Waals surface area contributed by atoms with E-state index in [4.69, 9.17) is 10.8 Å². The van der Waals surface area contributed by atoms with Crippen LogP contribution in [0.25, 0.3) is 0 Å². The summed E-state index contributed by atoms with van der Waals surface area (Å²) in [6.07, 6.45) is 0. The van der Waals surface area contributed by atoms with Gasteiger partial charge < -0.3 is 16.2 Å². The van der Waals surface area contributed by atoms with Gasteiger partial charge in [-0.3, -0.25) is 4.79 Å². The van der Waals surface area contributed by atoms with E-state index < -0.39 is 23.1 Å². The zero-order valence-corrected chi connectivity index (χ0v) is 10.2. The smallest absolute Gasteiger partial charge is 0.335 e. The van der Waals surface area contributed by atoms with Gasteiger partial charge in [-0.25, -0.2) is 9.18 Å². The van der Waals surface area contributed by atoms with Crippen molar-refractivity contribution in [2.45, 2.75) is 13.8 Å². The molecular weight excluding hydrogens is 239 g/mol. The molecule has 0 heterocycles. The van der Waals surface area contributed by atoms with Crippen molar-refractivity contribution in [2.24, 2.45) is 11.1 Å². The third-order valence-electron chi connectivity index (χ3n) is 2.59. The summed E-state index contributed by atoms with van der Waals surface area (Å²) in [5, 5.41) is 11.1. The Kier molecular flexibility index (Phi) is 4.03. The van der Waals surface area contributed by atoms with Gasteiger partial charge in [0.05, 0.1) is 16.7 Å². The monoisotopic (exact) mass is 254 g/mol. The van der Waals surface area contributed by atoms with Gasteiger partial charge in [0.1, 0.15) is 5.82 Å². The van der Waals surface area contributed by atoms with Crippen molar-refractivity contribution in [3.8, 4) is 0 Å². The van der Waals surface area contributed by atoms with Crippen LogP contribution in [0.3, 0.4) is 0 Å². The van der Waals surface area contributed by atoms with Gasteiger partial charge in [0.2, 0.25) is 5.91 Å². The highest BCUT2D eigenvalue weighted by molar-refractivity contribution is 5.95. The van der Waals surface area contributed by atoms with Crippen LogP contribution in [0.5, 0.6) is 0 Å². The molecule has 98 valence electrons. The fraction of sp³-hybridized carbons (Fsp3) is 0.333. The van der Waals surface area contributed by atoms with E-state index in [2.05, 4.69) is 5.32 Å². The largest absolute Gasteiger partial charge is 0.478 e. The van der Waals surface area contributed by atoms with Crippen molar-refractivity contribution in [3.63, 3.8) is 0 Å². The average molecular weight is 254 g/mol. The molecular formula is C12H15FN2O3. The molecule has 1 aromatic rings. The number of hydrogen-bond acceptors (Lipinski definition) is 3. The maximum atomic E-state index is 13.6. The Bertz CT molecular complexity index is 486. The molecule has 0 saturated carbocycles. The first-order valence-corrected chi connectivity index (χ1v) is 5.32. The first-order chi connectivity index (χ1) is 8.27. The highest BCUT2D eigenvalue weighted by Gasteiger charge is 2.26. The van der Waals surface area contributed by atoms with Gasteiger partial charge in [-0.1, -0.05) is 0 Å². The maximum absolute atomic E-state index is 13.6. The minimum atomic E-state index is -1.23. The second kappa shape index (κ2) is 5.14. The van der Waals surface area contributed by atoms with E-state index in [1.54, 1.807) is 13.8 Å². The molecule has 0 aromatic heterocycles. The molecule has 0 fully saturated rings. The summed E-state index contributed by atoms with van der Waals surface area (Å²) in [6, 6.07) is 3.28. The van der Waals surface area contributed by atoms with Crippen LogP contribution < -0.4 is 11.1 Å². The predicted octanol–water partition coefficient (Wildman–Crippen LogP) is 1.45. The van der Waals surface area contributed by atoms with Gasteiger partial charge in [-0.2, -0.15) is 0 Å². The van der Waals surface area contributed by atoms with Gasteiger partial charge in [0.25, 0.3) is 0 Å². The minimum absolute atomic E-state index is 0.0634. The van der Waals surface area contributed by atoms with E-state index in [0.29, 0.717) is 0 Å². The second-order valence-corrected chi connectivity index (χ2v) is 4.54. The Balaban J connectivity index is 2.93. The van der Waals surface area contributed by atoms with Crippen LogP contribution in [0.1, 0.15) is 24.2 Å². The molecule has 0 atom stereocenters. The molecule has 0 aliphatic heterocycles. The van der Waals surface area contributed by atoms with Crippen LogP contribution in [-0.2, 0) is 4.79 Å². The third kappa shape index (κ3) is 3.04. The lowest BCUT2D eigenvalue weighted by molar-refractivity contribution is -0.123. The molecule has 6 heteroatoms. The van der Waals surface area contributed by atoms with Crippen molar-refractivity contribution in [2.75, 3.05) is 11.9 Å². The quantitative estimate of drug-likeness (QED) is 0.758. The molecule has 0 aliphatic rings. The lowest BCUT2D eigenvalue weighted by Crippen LogP contribution is -2.37. The standard InChI is InChI=1S/C12H15FN2O3/c1-12(2,6-14)11(18)15-9-4-3-7(10(16)17)5-8(9)13/h3-5H,6,14H2,1-2H3,(H,15,18)(H,16,17). The van der Waals surface area contributed by atoms with Gasteiger partial charge in [0.15, 0.2) is 0 Å². The zero-order valence-electron chi connectivity index (χ0n) is 10.2. The normalized spacial score (nSPS) is 11.1. The van der Waals surface area contributed by atoms with Crippen molar-refractivity contribution < 1.29 is 19.1 Å². The number of anilines is 1. The van der Waals surface area contributed by atoms with Gasteiger partial charge in [-0.15, -0.1) is 0 Å². The predicted molar refractivity (Wildman–Crippen MR) is 64.8 cm³/mol. The van der Waals surface area contributed by atoms with Gasteiger partial charge >= 0.3 is 5.97 Å².